The van der Waals surface area contributed by atoms with Crippen molar-refractivity contribution >= 4 is 0 Å². The summed E-state index contributed by atoms with van der Waals surface area (Å²) < 4.78 is 1.51. The van der Waals surface area contributed by atoms with Gasteiger partial charge in [0.25, 0.3) is 0 Å². The molecule has 0 radical (unpaired) electrons. The van der Waals surface area contributed by atoms with Crippen molar-refractivity contribution in [2.24, 2.45) is 0 Å². The van der Waals surface area contributed by atoms with Gasteiger partial charge in [-0.1, -0.05) is 59.8 Å². The van der Waals surface area contributed by atoms with Crippen LogP contribution in [0.15, 0.2) is 59.6 Å². The first kappa shape index (κ1) is 32.0. The molecule has 1 aliphatic rings. The van der Waals surface area contributed by atoms with E-state index in [1.54, 1.807) is 59.8 Å². The minimum atomic E-state index is -0.818. The molecule has 0 aromatic carbocycles. The van der Waals surface area contributed by atoms with Gasteiger partial charge in [-0.25, -0.2) is 0 Å². The predicted molar refractivity (Wildman–Crippen MR) is 113 cm³/mol. The molecule has 0 atom stereocenters. The maximum absolute atomic E-state index is 10.6. The van der Waals surface area contributed by atoms with E-state index < -0.39 is 16.8 Å². The molecule has 0 N–H and O–H groups in total. The summed E-state index contributed by atoms with van der Waals surface area (Å²) in [4.78, 5) is 0. The molecule has 0 spiro atoms. The van der Waals surface area contributed by atoms with Crippen molar-refractivity contribution in [2.75, 3.05) is 0 Å². The minimum absolute atomic E-state index is 0.549. The predicted octanol–water partition coefficient (Wildman–Crippen LogP) is 3.87. The van der Waals surface area contributed by atoms with Crippen LogP contribution in [0.5, 0.6) is 0 Å². The van der Waals surface area contributed by atoms with E-state index in [0.717, 1.165) is 0 Å². The zero-order chi connectivity index (χ0) is 23.0. The van der Waals surface area contributed by atoms with Gasteiger partial charge in [0, 0.05) is 0 Å². The molecule has 0 saturated heterocycles. The van der Waals surface area contributed by atoms with Gasteiger partial charge >= 0.3 is 55.4 Å². The topological polar surface area (TPSA) is 69.2 Å². The summed E-state index contributed by atoms with van der Waals surface area (Å²) in [7, 11) is 0. The molecule has 0 fully saturated rings. The summed E-state index contributed by atoms with van der Waals surface area (Å²) >= 11 is 2.18. The molecule has 0 aliphatic heterocycles. The van der Waals surface area contributed by atoms with Gasteiger partial charge in [0.2, 0.25) is 0 Å². The van der Waals surface area contributed by atoms with E-state index in [-0.39, 0.29) is 0 Å². The number of hydrogen-bond acceptors (Lipinski definition) is 3. The number of rotatable bonds is 6. The molecule has 158 valence electrons. The fourth-order valence-electron chi connectivity index (χ4n) is 1.66. The molecule has 0 heterocycles. The van der Waals surface area contributed by atoms with Gasteiger partial charge in [-0.3, -0.25) is 0 Å². The van der Waals surface area contributed by atoms with E-state index >= 15 is 0 Å². The molecule has 3 nitrogen and oxygen atoms in total. The van der Waals surface area contributed by atoms with Crippen LogP contribution >= 0.6 is 0 Å². The van der Waals surface area contributed by atoms with Gasteiger partial charge < -0.3 is 15.3 Å². The molecule has 0 amide bonds. The van der Waals surface area contributed by atoms with E-state index in [2.05, 4.69) is 59.2 Å². The Bertz CT molecular complexity index is 448. The second kappa shape index (κ2) is 16.1. The zero-order valence-corrected chi connectivity index (χ0v) is 20.6. The second-order valence-corrected chi connectivity index (χ2v) is 9.47. The fraction of sp³-hybridized carbons (Fsp3) is 0.583. The Hall–Kier alpha value is -0.706. The molecule has 1 rings (SSSR count). The van der Waals surface area contributed by atoms with Crippen LogP contribution in [0.3, 0.4) is 0 Å². The Morgan fingerprint density at radius 3 is 1.14 bits per heavy atom. The van der Waals surface area contributed by atoms with Crippen molar-refractivity contribution in [2.45, 2.75) is 91.0 Å². The van der Waals surface area contributed by atoms with Crippen molar-refractivity contribution in [1.29, 1.82) is 0 Å². The Balaban J connectivity index is -0.000000298. The van der Waals surface area contributed by atoms with E-state index in [1.807, 2.05) is 0 Å². The first-order chi connectivity index (χ1) is 12.5. The molecular formula is C24H40O3Ti. The molecule has 0 saturated carbocycles. The third kappa shape index (κ3) is 32.9. The summed E-state index contributed by atoms with van der Waals surface area (Å²) in [6, 6.07) is 0. The van der Waals surface area contributed by atoms with E-state index in [4.69, 9.17) is 0 Å². The monoisotopic (exact) mass is 424 g/mol. The van der Waals surface area contributed by atoms with Gasteiger partial charge in [-0.15, -0.1) is 36.5 Å². The normalized spacial score (nSPS) is 13.3. The molecule has 0 bridgehead atoms. The van der Waals surface area contributed by atoms with Crippen LogP contribution < -0.4 is 15.3 Å². The van der Waals surface area contributed by atoms with Crippen LogP contribution in [-0.4, -0.2) is 16.8 Å². The third-order valence-corrected chi connectivity index (χ3v) is 4.01. The van der Waals surface area contributed by atoms with Gasteiger partial charge in [0.1, 0.15) is 0 Å². The summed E-state index contributed by atoms with van der Waals surface area (Å²) in [6.07, 6.45) is 12.1. The quantitative estimate of drug-likeness (QED) is 0.480. The molecule has 0 aromatic rings. The standard InChI is InChI=1S/3C6H11O.C6H7.Ti/c3*1-4-5-6(2,3)7;1-6-4-2-3-5-6;/h3*4H,1,5H2,2-3H3;2,4H,3H2,1H3;/q3*-1;;+3. The SMILES string of the molecule is C=CCC(C)(C)[O-].C=CCC(C)(C)[O-].C=CCC(C)(C)[O-].CC1=[C]([Ti+3])CC=C1. The van der Waals surface area contributed by atoms with Gasteiger partial charge in [-0.05, 0) is 19.3 Å². The van der Waals surface area contributed by atoms with Crippen molar-refractivity contribution in [3.63, 3.8) is 0 Å². The zero-order valence-electron chi connectivity index (χ0n) is 19.1. The number of hydrogen-bond donors (Lipinski definition) is 0. The third-order valence-electron chi connectivity index (χ3n) is 3.07. The summed E-state index contributed by atoms with van der Waals surface area (Å²) in [5.41, 5.74) is -1.01. The van der Waals surface area contributed by atoms with Crippen molar-refractivity contribution in [1.82, 2.24) is 0 Å². The average Bonchev–Trinajstić information content (AvgIpc) is 2.81. The first-order valence-corrected chi connectivity index (χ1v) is 10.3. The molecule has 4 heteroatoms. The fourth-order valence-corrected chi connectivity index (χ4v) is 1.97. The van der Waals surface area contributed by atoms with Crippen molar-refractivity contribution in [3.8, 4) is 0 Å². The van der Waals surface area contributed by atoms with Crippen LogP contribution in [0.4, 0.5) is 0 Å². The number of allylic oxidation sites excluding steroid dienone is 4. The molecular weight excluding hydrogens is 384 g/mol. The van der Waals surface area contributed by atoms with Gasteiger partial charge in [0.15, 0.2) is 0 Å². The molecule has 0 aromatic heterocycles. The van der Waals surface area contributed by atoms with E-state index in [9.17, 15) is 15.3 Å². The van der Waals surface area contributed by atoms with E-state index in [1.165, 1.54) is 15.9 Å². The summed E-state index contributed by atoms with van der Waals surface area (Å²) in [5, 5.41) is 31.9. The van der Waals surface area contributed by atoms with Crippen molar-refractivity contribution in [3.05, 3.63) is 59.6 Å². The second-order valence-electron chi connectivity index (χ2n) is 8.53. The van der Waals surface area contributed by atoms with Crippen molar-refractivity contribution < 1.29 is 35.8 Å². The molecule has 1 aliphatic carbocycles. The van der Waals surface area contributed by atoms with Crippen LogP contribution in [-0.2, 0) is 20.4 Å². The Kier molecular flexibility index (Phi) is 18.4. The average molecular weight is 424 g/mol. The maximum atomic E-state index is 10.6. The van der Waals surface area contributed by atoms with Crippen LogP contribution in [0.1, 0.15) is 74.1 Å². The first-order valence-electron chi connectivity index (χ1n) is 9.51. The van der Waals surface area contributed by atoms with Crippen LogP contribution in [0, 0.1) is 0 Å². The Morgan fingerprint density at radius 2 is 1.11 bits per heavy atom. The van der Waals surface area contributed by atoms with Gasteiger partial charge in [-0.2, -0.15) is 0 Å². The molecule has 0 unspecified atom stereocenters. The van der Waals surface area contributed by atoms with Crippen LogP contribution in [0.2, 0.25) is 0 Å². The summed E-state index contributed by atoms with van der Waals surface area (Å²) in [6.45, 7) is 22.4. The van der Waals surface area contributed by atoms with Gasteiger partial charge in [0.05, 0.1) is 0 Å². The Morgan fingerprint density at radius 1 is 0.821 bits per heavy atom. The van der Waals surface area contributed by atoms with E-state index in [0.29, 0.717) is 19.3 Å². The van der Waals surface area contributed by atoms with Crippen LogP contribution in [0.25, 0.3) is 0 Å². The molecule has 28 heavy (non-hydrogen) atoms. The Labute approximate surface area is 186 Å². The summed E-state index contributed by atoms with van der Waals surface area (Å²) in [5.74, 6) is 0.